The summed E-state index contributed by atoms with van der Waals surface area (Å²) in [5.41, 5.74) is 11.7. The molecule has 0 N–H and O–H groups in total. The summed E-state index contributed by atoms with van der Waals surface area (Å²) >= 11 is 0. The number of para-hydroxylation sites is 1. The summed E-state index contributed by atoms with van der Waals surface area (Å²) in [6, 6.07) is 51.9. The van der Waals surface area contributed by atoms with Crippen molar-refractivity contribution in [2.24, 2.45) is 0 Å². The summed E-state index contributed by atoms with van der Waals surface area (Å²) in [5, 5.41) is 7.75. The molecule has 0 amide bonds. The van der Waals surface area contributed by atoms with Gasteiger partial charge in [0.2, 0.25) is 0 Å². The molecule has 0 bridgehead atoms. The van der Waals surface area contributed by atoms with Crippen LogP contribution in [0.2, 0.25) is 0 Å². The molecule has 1 aliphatic rings. The summed E-state index contributed by atoms with van der Waals surface area (Å²) in [6.07, 6.45) is 0. The zero-order chi connectivity index (χ0) is 30.5. The molecule has 216 valence electrons. The molecule has 45 heavy (non-hydrogen) atoms. The molecular formula is C44H35N. The van der Waals surface area contributed by atoms with Gasteiger partial charge in [0, 0.05) is 16.5 Å². The number of nitrogens with zero attached hydrogens (tertiary/aromatic N) is 1. The first-order valence-corrected chi connectivity index (χ1v) is 16.0. The van der Waals surface area contributed by atoms with E-state index in [-0.39, 0.29) is 10.8 Å². The third kappa shape index (κ3) is 3.56. The molecule has 0 aliphatic heterocycles. The molecule has 0 unspecified atom stereocenters. The van der Waals surface area contributed by atoms with Crippen molar-refractivity contribution in [1.82, 2.24) is 4.57 Å². The van der Waals surface area contributed by atoms with Crippen molar-refractivity contribution in [2.45, 2.75) is 38.5 Å². The minimum absolute atomic E-state index is 0.0128. The molecule has 0 atom stereocenters. The number of benzene rings is 7. The first-order valence-electron chi connectivity index (χ1n) is 16.0. The van der Waals surface area contributed by atoms with Crippen molar-refractivity contribution < 1.29 is 0 Å². The maximum Gasteiger partial charge on any atom is 0.0547 e. The largest absolute Gasteiger partial charge is 0.309 e. The van der Waals surface area contributed by atoms with Crippen molar-refractivity contribution in [3.8, 4) is 27.9 Å². The fourth-order valence-corrected chi connectivity index (χ4v) is 8.05. The Morgan fingerprint density at radius 2 is 1.09 bits per heavy atom. The predicted molar refractivity (Wildman–Crippen MR) is 193 cm³/mol. The van der Waals surface area contributed by atoms with Crippen LogP contribution in [0.3, 0.4) is 0 Å². The van der Waals surface area contributed by atoms with E-state index in [2.05, 4.69) is 172 Å². The van der Waals surface area contributed by atoms with Crippen molar-refractivity contribution in [1.29, 1.82) is 0 Å². The molecule has 0 saturated carbocycles. The lowest BCUT2D eigenvalue weighted by Gasteiger charge is -2.48. The lowest BCUT2D eigenvalue weighted by atomic mass is 9.55. The van der Waals surface area contributed by atoms with Crippen LogP contribution in [0.4, 0.5) is 0 Å². The smallest absolute Gasteiger partial charge is 0.0547 e. The molecular weight excluding hydrogens is 542 g/mol. The Morgan fingerprint density at radius 1 is 0.422 bits per heavy atom. The van der Waals surface area contributed by atoms with Crippen LogP contribution < -0.4 is 0 Å². The van der Waals surface area contributed by atoms with E-state index in [1.54, 1.807) is 0 Å². The highest BCUT2D eigenvalue weighted by Gasteiger charge is 2.46. The minimum Gasteiger partial charge on any atom is -0.309 e. The molecule has 0 saturated heterocycles. The van der Waals surface area contributed by atoms with Gasteiger partial charge < -0.3 is 4.57 Å². The van der Waals surface area contributed by atoms with Crippen LogP contribution in [0.15, 0.2) is 140 Å². The van der Waals surface area contributed by atoms with Gasteiger partial charge in [0.15, 0.2) is 0 Å². The van der Waals surface area contributed by atoms with E-state index in [1.165, 1.54) is 82.4 Å². The molecule has 7 aromatic carbocycles. The Bertz CT molecular complexity index is 2470. The fraction of sp³-hybridized carbons (Fsp3) is 0.136. The van der Waals surface area contributed by atoms with Gasteiger partial charge in [-0.15, -0.1) is 0 Å². The van der Waals surface area contributed by atoms with Gasteiger partial charge in [-0.2, -0.15) is 0 Å². The van der Waals surface area contributed by atoms with Gasteiger partial charge in [-0.1, -0.05) is 143 Å². The quantitative estimate of drug-likeness (QED) is 0.180. The molecule has 1 nitrogen and oxygen atoms in total. The predicted octanol–water partition coefficient (Wildman–Crippen LogP) is 12.0. The maximum atomic E-state index is 2.45. The van der Waals surface area contributed by atoms with E-state index < -0.39 is 0 Å². The normalized spacial score (nSPS) is 15.0. The Hall–Kier alpha value is -5.14. The Balaban J connectivity index is 1.33. The minimum atomic E-state index is -0.0128. The molecule has 1 aromatic heterocycles. The van der Waals surface area contributed by atoms with Gasteiger partial charge in [-0.25, -0.2) is 0 Å². The van der Waals surface area contributed by atoms with Crippen LogP contribution in [0.5, 0.6) is 0 Å². The third-order valence-corrected chi connectivity index (χ3v) is 11.1. The highest BCUT2D eigenvalue weighted by atomic mass is 15.0. The lowest BCUT2D eigenvalue weighted by molar-refractivity contribution is 0.299. The van der Waals surface area contributed by atoms with E-state index in [0.29, 0.717) is 0 Å². The molecule has 9 rings (SSSR count). The van der Waals surface area contributed by atoms with Crippen LogP contribution in [0, 0.1) is 0 Å². The van der Waals surface area contributed by atoms with Crippen molar-refractivity contribution in [3.63, 3.8) is 0 Å². The van der Waals surface area contributed by atoms with E-state index in [4.69, 9.17) is 0 Å². The van der Waals surface area contributed by atoms with Crippen LogP contribution in [-0.2, 0) is 10.8 Å². The lowest BCUT2D eigenvalue weighted by Crippen LogP contribution is -2.43. The Kier molecular flexibility index (Phi) is 5.37. The number of hydrogen-bond donors (Lipinski definition) is 0. The average Bonchev–Trinajstić information content (AvgIpc) is 3.41. The summed E-state index contributed by atoms with van der Waals surface area (Å²) in [6.45, 7) is 9.64. The second-order valence-electron chi connectivity index (χ2n) is 13.8. The van der Waals surface area contributed by atoms with Gasteiger partial charge in [0.1, 0.15) is 0 Å². The summed E-state index contributed by atoms with van der Waals surface area (Å²) in [5.74, 6) is 0. The average molecular weight is 578 g/mol. The maximum absolute atomic E-state index is 2.45. The standard InChI is InChI=1S/C44H35N/c1-43(2)38-16-10-8-15-36(38)42-35-23-19-29-18-21-31(27-37(29)32(35)24-25-39(42)44(43,3)4)45-40-17-11-9-14-33(40)34-22-20-30(26-41(34)45)28-12-6-5-7-13-28/h5-27H,1-4H3. The van der Waals surface area contributed by atoms with Crippen molar-refractivity contribution in [3.05, 3.63) is 151 Å². The third-order valence-electron chi connectivity index (χ3n) is 11.1. The van der Waals surface area contributed by atoms with Crippen LogP contribution >= 0.6 is 0 Å². The zero-order valence-electron chi connectivity index (χ0n) is 26.2. The number of rotatable bonds is 2. The molecule has 1 heteroatoms. The number of hydrogen-bond acceptors (Lipinski definition) is 0. The molecule has 1 heterocycles. The van der Waals surface area contributed by atoms with Crippen LogP contribution in [0.1, 0.15) is 38.8 Å². The Morgan fingerprint density at radius 3 is 1.96 bits per heavy atom. The molecule has 0 spiro atoms. The van der Waals surface area contributed by atoms with Gasteiger partial charge in [-0.3, -0.25) is 0 Å². The number of aromatic nitrogens is 1. The summed E-state index contributed by atoms with van der Waals surface area (Å²) in [7, 11) is 0. The first-order chi connectivity index (χ1) is 21.8. The fourth-order valence-electron chi connectivity index (χ4n) is 8.05. The highest BCUT2D eigenvalue weighted by molar-refractivity contribution is 6.15. The van der Waals surface area contributed by atoms with E-state index in [1.807, 2.05) is 0 Å². The van der Waals surface area contributed by atoms with Gasteiger partial charge in [-0.05, 0) is 90.0 Å². The molecule has 8 aromatic rings. The molecule has 0 fully saturated rings. The van der Waals surface area contributed by atoms with Crippen LogP contribution in [0.25, 0.3) is 71.3 Å². The topological polar surface area (TPSA) is 4.93 Å². The molecule has 1 aliphatic carbocycles. The van der Waals surface area contributed by atoms with Gasteiger partial charge in [0.25, 0.3) is 0 Å². The van der Waals surface area contributed by atoms with Crippen molar-refractivity contribution >= 4 is 43.4 Å². The monoisotopic (exact) mass is 577 g/mol. The summed E-state index contributed by atoms with van der Waals surface area (Å²) < 4.78 is 2.45. The zero-order valence-corrected chi connectivity index (χ0v) is 26.2. The van der Waals surface area contributed by atoms with E-state index in [9.17, 15) is 0 Å². The second-order valence-corrected chi connectivity index (χ2v) is 13.8. The van der Waals surface area contributed by atoms with E-state index >= 15 is 0 Å². The van der Waals surface area contributed by atoms with E-state index in [0.717, 1.165) is 0 Å². The number of fused-ring (bicyclic) bond motifs is 10. The van der Waals surface area contributed by atoms with Gasteiger partial charge in [0.05, 0.1) is 11.0 Å². The Labute approximate surface area is 264 Å². The first kappa shape index (κ1) is 26.3. The molecule has 0 radical (unpaired) electrons. The van der Waals surface area contributed by atoms with Crippen LogP contribution in [-0.4, -0.2) is 4.57 Å². The summed E-state index contributed by atoms with van der Waals surface area (Å²) in [4.78, 5) is 0. The SMILES string of the molecule is CC1(C)c2ccccc2-c2c(ccc3c2ccc2ccc(-n4c5ccccc5c5ccc(-c6ccccc6)cc54)cc23)C1(C)C. The van der Waals surface area contributed by atoms with Gasteiger partial charge >= 0.3 is 0 Å². The second kappa shape index (κ2) is 9.19. The van der Waals surface area contributed by atoms with Crippen molar-refractivity contribution in [2.75, 3.05) is 0 Å². The highest BCUT2D eigenvalue weighted by Crippen LogP contribution is 2.55.